The fourth-order valence-electron chi connectivity index (χ4n) is 8.63. The number of nitrogens with zero attached hydrogens (tertiary/aromatic N) is 5. The Morgan fingerprint density at radius 3 is 2.42 bits per heavy atom. The number of H-pyrrole nitrogens is 1. The zero-order valence-corrected chi connectivity index (χ0v) is 32.1. The van der Waals surface area contributed by atoms with Crippen LogP contribution in [0.25, 0.3) is 11.1 Å². The van der Waals surface area contributed by atoms with Crippen molar-refractivity contribution in [1.82, 2.24) is 29.5 Å². The summed E-state index contributed by atoms with van der Waals surface area (Å²) in [5.74, 6) is -1.03. The van der Waals surface area contributed by atoms with Gasteiger partial charge in [0.1, 0.15) is 12.6 Å². The monoisotopic (exact) mass is 759 g/mol. The van der Waals surface area contributed by atoms with Gasteiger partial charge in [0.25, 0.3) is 5.91 Å². The van der Waals surface area contributed by atoms with Gasteiger partial charge in [0.05, 0.1) is 5.52 Å². The SMILES string of the molecule is Cc1cc(C[C@@H](OC(=O)N2CCC(N3CCc4ccccc4NC3=O)CC2)C(=O)N2CCC(N3CCC[C@H]3C(=O)OCCN(C)C)CC2)cc2oc(=O)[nH]c12. The number of carbonyl (C=O) groups is 4. The molecule has 5 heterocycles. The Bertz CT molecular complexity index is 1930. The molecule has 3 fully saturated rings. The summed E-state index contributed by atoms with van der Waals surface area (Å²) >= 11 is 0. The molecule has 55 heavy (non-hydrogen) atoms. The number of esters is 1. The summed E-state index contributed by atoms with van der Waals surface area (Å²) in [6, 6.07) is 11.1. The maximum Gasteiger partial charge on any atom is 0.417 e. The van der Waals surface area contributed by atoms with Crippen LogP contribution in [0, 0.1) is 6.92 Å². The Kier molecular flexibility index (Phi) is 11.8. The van der Waals surface area contributed by atoms with Crippen molar-refractivity contribution in [3.63, 3.8) is 0 Å². The Morgan fingerprint density at radius 1 is 0.927 bits per heavy atom. The Morgan fingerprint density at radius 2 is 1.65 bits per heavy atom. The number of piperidine rings is 2. The number of urea groups is 1. The van der Waals surface area contributed by atoms with Gasteiger partial charge in [-0.25, -0.2) is 14.4 Å². The van der Waals surface area contributed by atoms with Crippen molar-refractivity contribution >= 4 is 40.8 Å². The highest BCUT2D eigenvalue weighted by Gasteiger charge is 2.40. The molecule has 296 valence electrons. The molecule has 4 aliphatic rings. The van der Waals surface area contributed by atoms with Crippen molar-refractivity contribution in [2.45, 2.75) is 82.5 Å². The average molecular weight is 760 g/mol. The van der Waals surface area contributed by atoms with Crippen molar-refractivity contribution in [3.05, 3.63) is 63.6 Å². The van der Waals surface area contributed by atoms with Crippen LogP contribution in [0.2, 0.25) is 0 Å². The third-order valence-corrected chi connectivity index (χ3v) is 11.6. The molecule has 3 saturated heterocycles. The lowest BCUT2D eigenvalue weighted by Crippen LogP contribution is -2.53. The first kappa shape index (κ1) is 38.4. The highest BCUT2D eigenvalue weighted by Crippen LogP contribution is 2.29. The van der Waals surface area contributed by atoms with Gasteiger partial charge in [-0.2, -0.15) is 0 Å². The molecule has 0 spiro atoms. The molecule has 7 rings (SSSR count). The summed E-state index contributed by atoms with van der Waals surface area (Å²) in [7, 11) is 3.89. The normalized spacial score (nSPS) is 20.7. The number of amides is 4. The maximum absolute atomic E-state index is 14.3. The number of rotatable bonds is 10. The van der Waals surface area contributed by atoms with Crippen LogP contribution in [0.3, 0.4) is 0 Å². The van der Waals surface area contributed by atoms with E-state index >= 15 is 0 Å². The number of aromatic nitrogens is 1. The van der Waals surface area contributed by atoms with Crippen molar-refractivity contribution in [2.75, 3.05) is 71.8 Å². The van der Waals surface area contributed by atoms with Gasteiger partial charge < -0.3 is 38.8 Å². The third kappa shape index (κ3) is 8.83. The number of hydrogen-bond donors (Lipinski definition) is 2. The molecule has 0 radical (unpaired) electrons. The summed E-state index contributed by atoms with van der Waals surface area (Å²) in [6.45, 7) is 6.00. The van der Waals surface area contributed by atoms with Gasteiger partial charge in [-0.3, -0.25) is 19.5 Å². The Balaban J connectivity index is 0.994. The molecule has 2 aromatic carbocycles. The van der Waals surface area contributed by atoms with Crippen LogP contribution in [0.5, 0.6) is 0 Å². The molecule has 1 aromatic heterocycles. The van der Waals surface area contributed by atoms with Gasteiger partial charge in [-0.05, 0) is 101 Å². The number of aromatic amines is 1. The minimum absolute atomic E-state index is 0.0297. The quantitative estimate of drug-likeness (QED) is 0.293. The van der Waals surface area contributed by atoms with E-state index in [9.17, 15) is 24.0 Å². The highest BCUT2D eigenvalue weighted by atomic mass is 16.6. The number of likely N-dealkylation sites (tertiary alicyclic amines) is 3. The van der Waals surface area contributed by atoms with E-state index < -0.39 is 18.0 Å². The van der Waals surface area contributed by atoms with Crippen molar-refractivity contribution < 1.29 is 33.1 Å². The van der Waals surface area contributed by atoms with Crippen LogP contribution in [0.1, 0.15) is 55.2 Å². The molecule has 2 N–H and O–H groups in total. The minimum Gasteiger partial charge on any atom is -0.463 e. The highest BCUT2D eigenvalue weighted by molar-refractivity contribution is 5.91. The third-order valence-electron chi connectivity index (χ3n) is 11.6. The van der Waals surface area contributed by atoms with E-state index in [1.54, 1.807) is 15.9 Å². The first-order chi connectivity index (χ1) is 26.5. The van der Waals surface area contributed by atoms with E-state index in [4.69, 9.17) is 13.9 Å². The second-order valence-electron chi connectivity index (χ2n) is 15.5. The van der Waals surface area contributed by atoms with Crippen molar-refractivity contribution in [3.8, 4) is 0 Å². The summed E-state index contributed by atoms with van der Waals surface area (Å²) < 4.78 is 17.0. The molecule has 0 bridgehead atoms. The van der Waals surface area contributed by atoms with Gasteiger partial charge in [-0.15, -0.1) is 0 Å². The Labute approximate surface area is 320 Å². The molecular weight excluding hydrogens is 706 g/mol. The zero-order valence-electron chi connectivity index (χ0n) is 32.1. The number of benzene rings is 2. The van der Waals surface area contributed by atoms with Crippen LogP contribution in [0.4, 0.5) is 15.3 Å². The number of carbonyl (C=O) groups excluding carboxylic acids is 4. The van der Waals surface area contributed by atoms with E-state index in [-0.39, 0.29) is 42.5 Å². The molecular formula is C40H53N7O8. The number of nitrogens with one attached hydrogen (secondary N) is 2. The number of oxazole rings is 1. The number of hydrogen-bond acceptors (Lipinski definition) is 10. The van der Waals surface area contributed by atoms with Crippen LogP contribution >= 0.6 is 0 Å². The fraction of sp³-hybridized carbons (Fsp3) is 0.575. The van der Waals surface area contributed by atoms with E-state index in [2.05, 4.69) is 15.2 Å². The topological polar surface area (TPSA) is 161 Å². The number of fused-ring (bicyclic) bond motifs is 2. The van der Waals surface area contributed by atoms with Crippen LogP contribution in [0.15, 0.2) is 45.6 Å². The van der Waals surface area contributed by atoms with E-state index in [1.807, 2.05) is 61.2 Å². The first-order valence-electron chi connectivity index (χ1n) is 19.6. The predicted octanol–water partition coefficient (Wildman–Crippen LogP) is 3.59. The summed E-state index contributed by atoms with van der Waals surface area (Å²) in [5, 5.41) is 3.04. The molecule has 3 aromatic rings. The molecule has 0 unspecified atom stereocenters. The van der Waals surface area contributed by atoms with Crippen LogP contribution in [-0.4, -0.2) is 144 Å². The summed E-state index contributed by atoms with van der Waals surface area (Å²) in [5.41, 5.74) is 4.38. The summed E-state index contributed by atoms with van der Waals surface area (Å²) in [4.78, 5) is 78.3. The van der Waals surface area contributed by atoms with Crippen LogP contribution < -0.4 is 11.1 Å². The standard InChI is InChI=1S/C40H53N7O8/c1-26-23-27(24-33-35(26)42-39(51)54-33)25-34(36(48)44-16-11-29(12-17-44)46-15-6-9-32(46)37(49)53-22-21-43(2)3)55-40(52)45-18-13-30(14-19-45)47-20-10-28-7-4-5-8-31(28)41-38(47)50/h4-5,7-8,23-24,29-30,32,34H,6,9-22,25H2,1-3H3,(H,41,50)(H,42,51)/t32-,34+/m0/s1. The minimum atomic E-state index is -1.11. The lowest BCUT2D eigenvalue weighted by Gasteiger charge is -2.40. The van der Waals surface area contributed by atoms with Crippen molar-refractivity contribution in [2.24, 2.45) is 0 Å². The number of aryl methyl sites for hydroxylation is 1. The molecule has 2 atom stereocenters. The molecule has 0 aliphatic carbocycles. The fourth-order valence-corrected chi connectivity index (χ4v) is 8.63. The van der Waals surface area contributed by atoms with Gasteiger partial charge in [0, 0.05) is 63.5 Å². The van der Waals surface area contributed by atoms with Gasteiger partial charge in [0.15, 0.2) is 11.7 Å². The van der Waals surface area contributed by atoms with E-state index in [1.165, 1.54) is 0 Å². The first-order valence-corrected chi connectivity index (χ1v) is 19.6. The molecule has 15 nitrogen and oxygen atoms in total. The average Bonchev–Trinajstić information content (AvgIpc) is 3.78. The largest absolute Gasteiger partial charge is 0.463 e. The second-order valence-corrected chi connectivity index (χ2v) is 15.5. The maximum atomic E-state index is 14.3. The smallest absolute Gasteiger partial charge is 0.417 e. The van der Waals surface area contributed by atoms with E-state index in [0.29, 0.717) is 88.2 Å². The predicted molar refractivity (Wildman–Crippen MR) is 205 cm³/mol. The second kappa shape index (κ2) is 16.9. The van der Waals surface area contributed by atoms with Gasteiger partial charge >= 0.3 is 23.8 Å². The molecule has 15 heteroatoms. The van der Waals surface area contributed by atoms with Crippen molar-refractivity contribution in [1.29, 1.82) is 0 Å². The van der Waals surface area contributed by atoms with Gasteiger partial charge in [0.2, 0.25) is 0 Å². The van der Waals surface area contributed by atoms with Crippen LogP contribution in [-0.2, 0) is 31.9 Å². The molecule has 4 amide bonds. The lowest BCUT2D eigenvalue weighted by molar-refractivity contribution is -0.151. The van der Waals surface area contributed by atoms with E-state index in [0.717, 1.165) is 42.6 Å². The number of likely N-dealkylation sites (N-methyl/N-ethyl adjacent to an activating group) is 1. The lowest BCUT2D eigenvalue weighted by atomic mass is 9.99. The molecule has 4 aliphatic heterocycles. The van der Waals surface area contributed by atoms with Gasteiger partial charge in [-0.1, -0.05) is 24.3 Å². The number of anilines is 1. The number of para-hydroxylation sites is 1. The summed E-state index contributed by atoms with van der Waals surface area (Å²) in [6.07, 6.45) is 3.43. The number of ether oxygens (including phenoxy) is 2. The molecule has 0 saturated carbocycles. The zero-order chi connectivity index (χ0) is 38.6. The Hall–Kier alpha value is -4.89.